The summed E-state index contributed by atoms with van der Waals surface area (Å²) in [5.74, 6) is -1.46. The van der Waals surface area contributed by atoms with Gasteiger partial charge in [-0.05, 0) is 31.2 Å². The zero-order valence-electron chi connectivity index (χ0n) is 13.9. The predicted octanol–water partition coefficient (Wildman–Crippen LogP) is 3.35. The van der Waals surface area contributed by atoms with Crippen molar-refractivity contribution >= 4 is 17.5 Å². The van der Waals surface area contributed by atoms with E-state index in [1.54, 1.807) is 31.3 Å². The highest BCUT2D eigenvalue weighted by molar-refractivity contribution is 5.65. The van der Waals surface area contributed by atoms with Crippen molar-refractivity contribution in [3.63, 3.8) is 0 Å². The van der Waals surface area contributed by atoms with Gasteiger partial charge in [0, 0.05) is 18.3 Å². The van der Waals surface area contributed by atoms with Gasteiger partial charge >= 0.3 is 0 Å². The van der Waals surface area contributed by atoms with Crippen LogP contribution in [0.15, 0.2) is 48.7 Å². The molecule has 0 aliphatic rings. The van der Waals surface area contributed by atoms with E-state index in [0.717, 1.165) is 6.07 Å². The minimum absolute atomic E-state index is 0.0446. The van der Waals surface area contributed by atoms with Gasteiger partial charge in [-0.15, -0.1) is 0 Å². The number of aromatic nitrogens is 3. The zero-order valence-corrected chi connectivity index (χ0v) is 13.9. The van der Waals surface area contributed by atoms with Gasteiger partial charge in [-0.3, -0.25) is 4.98 Å². The molecule has 0 saturated carbocycles. The summed E-state index contributed by atoms with van der Waals surface area (Å²) >= 11 is 0. The molecular formula is C18H17F2N5O. The number of nitrogens with zero attached hydrogens (tertiary/aromatic N) is 3. The molecule has 134 valence electrons. The Morgan fingerprint density at radius 1 is 1.08 bits per heavy atom. The monoisotopic (exact) mass is 357 g/mol. The topological polar surface area (TPSA) is 83.0 Å². The van der Waals surface area contributed by atoms with E-state index >= 15 is 0 Å². The molecule has 2 heterocycles. The van der Waals surface area contributed by atoms with E-state index in [0.29, 0.717) is 11.4 Å². The van der Waals surface area contributed by atoms with Crippen molar-refractivity contribution in [3.05, 3.63) is 60.3 Å². The first-order chi connectivity index (χ1) is 12.6. The van der Waals surface area contributed by atoms with Crippen molar-refractivity contribution < 1.29 is 13.9 Å². The second-order valence-corrected chi connectivity index (χ2v) is 5.63. The van der Waals surface area contributed by atoms with Crippen LogP contribution in [0, 0.1) is 11.6 Å². The van der Waals surface area contributed by atoms with Crippen molar-refractivity contribution in [2.45, 2.75) is 13.0 Å². The molecule has 8 heteroatoms. The summed E-state index contributed by atoms with van der Waals surface area (Å²) < 4.78 is 27.4. The molecule has 26 heavy (non-hydrogen) atoms. The lowest BCUT2D eigenvalue weighted by molar-refractivity contribution is 0.281. The fraction of sp³-hybridized carbons (Fsp3) is 0.167. The average molecular weight is 357 g/mol. The molecule has 0 aliphatic heterocycles. The molecule has 0 fully saturated rings. The van der Waals surface area contributed by atoms with Crippen LogP contribution in [0.5, 0.6) is 0 Å². The highest BCUT2D eigenvalue weighted by Gasteiger charge is 2.12. The molecule has 0 aliphatic carbocycles. The van der Waals surface area contributed by atoms with Crippen LogP contribution < -0.4 is 10.6 Å². The van der Waals surface area contributed by atoms with Crippen LogP contribution in [0.3, 0.4) is 0 Å². The summed E-state index contributed by atoms with van der Waals surface area (Å²) in [6.07, 6.45) is 1.63. The molecule has 3 aromatic rings. The van der Waals surface area contributed by atoms with Gasteiger partial charge in [0.2, 0.25) is 5.95 Å². The Labute approximate surface area is 149 Å². The molecular weight excluding hydrogens is 340 g/mol. The lowest BCUT2D eigenvalue weighted by Gasteiger charge is -2.14. The van der Waals surface area contributed by atoms with Crippen molar-refractivity contribution in [3.8, 4) is 11.4 Å². The van der Waals surface area contributed by atoms with Crippen molar-refractivity contribution in [2.75, 3.05) is 17.2 Å². The molecule has 1 aromatic carbocycles. The Morgan fingerprint density at radius 2 is 1.92 bits per heavy atom. The third-order valence-corrected chi connectivity index (χ3v) is 3.52. The SMILES string of the molecule is C[C@H](CO)Nc1nc(Nc2cccc(F)c2F)cc(-c2ccccn2)n1. The molecule has 0 spiro atoms. The van der Waals surface area contributed by atoms with Gasteiger partial charge in [-0.25, -0.2) is 13.8 Å². The second-order valence-electron chi connectivity index (χ2n) is 5.63. The summed E-state index contributed by atoms with van der Waals surface area (Å²) in [5.41, 5.74) is 1.04. The third-order valence-electron chi connectivity index (χ3n) is 3.52. The molecule has 1 atom stereocenters. The quantitative estimate of drug-likeness (QED) is 0.628. The predicted molar refractivity (Wildman–Crippen MR) is 95.1 cm³/mol. The van der Waals surface area contributed by atoms with Crippen LogP contribution in [0.4, 0.5) is 26.2 Å². The minimum atomic E-state index is -0.997. The molecule has 2 aromatic heterocycles. The molecule has 3 N–H and O–H groups in total. The number of rotatable bonds is 6. The van der Waals surface area contributed by atoms with Crippen LogP contribution in [-0.2, 0) is 0 Å². The number of benzene rings is 1. The summed E-state index contributed by atoms with van der Waals surface area (Å²) in [4.78, 5) is 12.9. The minimum Gasteiger partial charge on any atom is -0.394 e. The third kappa shape index (κ3) is 4.09. The Bertz CT molecular complexity index is 892. The van der Waals surface area contributed by atoms with Gasteiger partial charge in [-0.2, -0.15) is 4.98 Å². The Morgan fingerprint density at radius 3 is 2.65 bits per heavy atom. The van der Waals surface area contributed by atoms with E-state index in [1.165, 1.54) is 12.1 Å². The maximum absolute atomic E-state index is 13.9. The summed E-state index contributed by atoms with van der Waals surface area (Å²) in [6.45, 7) is 1.65. The summed E-state index contributed by atoms with van der Waals surface area (Å²) in [7, 11) is 0. The van der Waals surface area contributed by atoms with E-state index < -0.39 is 11.6 Å². The first-order valence-corrected chi connectivity index (χ1v) is 7.95. The van der Waals surface area contributed by atoms with E-state index in [9.17, 15) is 13.9 Å². The number of hydrogen-bond donors (Lipinski definition) is 3. The molecule has 0 unspecified atom stereocenters. The summed E-state index contributed by atoms with van der Waals surface area (Å²) in [6, 6.07) is 10.5. The lowest BCUT2D eigenvalue weighted by atomic mass is 10.2. The molecule has 0 bridgehead atoms. The van der Waals surface area contributed by atoms with Crippen molar-refractivity contribution in [1.29, 1.82) is 0 Å². The maximum atomic E-state index is 13.9. The molecule has 0 amide bonds. The molecule has 3 rings (SSSR count). The Hall–Kier alpha value is -3.13. The lowest BCUT2D eigenvalue weighted by Crippen LogP contribution is -2.21. The van der Waals surface area contributed by atoms with Gasteiger partial charge in [0.1, 0.15) is 5.82 Å². The Kier molecular flexibility index (Phi) is 5.33. The number of pyridine rings is 1. The Balaban J connectivity index is 2.00. The number of aliphatic hydroxyl groups is 1. The zero-order chi connectivity index (χ0) is 18.5. The van der Waals surface area contributed by atoms with Crippen LogP contribution in [0.25, 0.3) is 11.4 Å². The highest BCUT2D eigenvalue weighted by atomic mass is 19.2. The molecule has 0 radical (unpaired) electrons. The number of nitrogens with one attached hydrogen (secondary N) is 2. The number of hydrogen-bond acceptors (Lipinski definition) is 6. The van der Waals surface area contributed by atoms with Gasteiger partial charge in [0.05, 0.1) is 23.7 Å². The molecule has 0 saturated heterocycles. The van der Waals surface area contributed by atoms with E-state index in [1.807, 2.05) is 6.07 Å². The van der Waals surface area contributed by atoms with Gasteiger partial charge in [-0.1, -0.05) is 12.1 Å². The van der Waals surface area contributed by atoms with E-state index in [-0.39, 0.29) is 30.1 Å². The van der Waals surface area contributed by atoms with Crippen LogP contribution >= 0.6 is 0 Å². The van der Waals surface area contributed by atoms with E-state index in [4.69, 9.17) is 0 Å². The van der Waals surface area contributed by atoms with Crippen molar-refractivity contribution in [2.24, 2.45) is 0 Å². The second kappa shape index (κ2) is 7.83. The van der Waals surface area contributed by atoms with Gasteiger partial charge in [0.25, 0.3) is 0 Å². The number of aliphatic hydroxyl groups excluding tert-OH is 1. The number of anilines is 3. The first kappa shape index (κ1) is 17.7. The maximum Gasteiger partial charge on any atom is 0.225 e. The highest BCUT2D eigenvalue weighted by Crippen LogP contribution is 2.24. The summed E-state index contributed by atoms with van der Waals surface area (Å²) in [5, 5.41) is 14.9. The molecule has 6 nitrogen and oxygen atoms in total. The average Bonchev–Trinajstić information content (AvgIpc) is 2.66. The normalized spacial score (nSPS) is 11.8. The van der Waals surface area contributed by atoms with E-state index in [2.05, 4.69) is 25.6 Å². The van der Waals surface area contributed by atoms with Gasteiger partial charge < -0.3 is 15.7 Å². The number of halogens is 2. The largest absolute Gasteiger partial charge is 0.394 e. The standard InChI is InChI=1S/C18H17F2N5O/c1-11(10-26)22-18-24-15(13-6-2-3-8-21-13)9-16(25-18)23-14-7-4-5-12(19)17(14)20/h2-9,11,26H,10H2,1H3,(H2,22,23,24,25)/t11-/m1/s1. The van der Waals surface area contributed by atoms with Crippen LogP contribution in [-0.4, -0.2) is 32.7 Å². The van der Waals surface area contributed by atoms with Crippen LogP contribution in [0.2, 0.25) is 0 Å². The fourth-order valence-electron chi connectivity index (χ4n) is 2.23. The van der Waals surface area contributed by atoms with Gasteiger partial charge in [0.15, 0.2) is 11.6 Å². The smallest absolute Gasteiger partial charge is 0.225 e. The van der Waals surface area contributed by atoms with Crippen LogP contribution in [0.1, 0.15) is 6.92 Å². The fourth-order valence-corrected chi connectivity index (χ4v) is 2.23. The first-order valence-electron chi connectivity index (χ1n) is 7.95. The van der Waals surface area contributed by atoms with Crippen molar-refractivity contribution in [1.82, 2.24) is 15.0 Å².